The van der Waals surface area contributed by atoms with E-state index in [1.807, 2.05) is 19.9 Å². The molecule has 0 aromatic heterocycles. The Balaban J connectivity index is 0.00000208. The van der Waals surface area contributed by atoms with Crippen LogP contribution in [0.1, 0.15) is 13.8 Å². The summed E-state index contributed by atoms with van der Waals surface area (Å²) in [5, 5.41) is 16.4. The van der Waals surface area contributed by atoms with Crippen molar-refractivity contribution in [1.29, 1.82) is 5.26 Å². The Morgan fingerprint density at radius 3 is 2.50 bits per heavy atom. The second-order valence-electron chi connectivity index (χ2n) is 5.81. The summed E-state index contributed by atoms with van der Waals surface area (Å²) in [6, 6.07) is 7.14. The molecular formula is C16H15Cl3N4O. The van der Waals surface area contributed by atoms with E-state index in [1.54, 1.807) is 18.2 Å². The van der Waals surface area contributed by atoms with E-state index in [-0.39, 0.29) is 18.2 Å². The van der Waals surface area contributed by atoms with Crippen molar-refractivity contribution < 1.29 is 4.74 Å². The van der Waals surface area contributed by atoms with Gasteiger partial charge in [0, 0.05) is 15.6 Å². The van der Waals surface area contributed by atoms with Crippen molar-refractivity contribution in [3.63, 3.8) is 0 Å². The van der Waals surface area contributed by atoms with Crippen LogP contribution in [0.4, 0.5) is 5.69 Å². The highest BCUT2D eigenvalue weighted by molar-refractivity contribution is 6.35. The van der Waals surface area contributed by atoms with Crippen LogP contribution in [0.5, 0.6) is 0 Å². The lowest BCUT2D eigenvalue weighted by Crippen LogP contribution is -2.39. The summed E-state index contributed by atoms with van der Waals surface area (Å²) in [6.45, 7) is 4.14. The number of hydrazone groups is 1. The van der Waals surface area contributed by atoms with Gasteiger partial charge >= 0.3 is 0 Å². The first-order chi connectivity index (χ1) is 10.8. The average molecular weight is 386 g/mol. The second kappa shape index (κ2) is 6.66. The van der Waals surface area contributed by atoms with Gasteiger partial charge < -0.3 is 10.5 Å². The third-order valence-corrected chi connectivity index (χ3v) is 4.00. The molecule has 0 saturated carbocycles. The molecule has 2 heterocycles. The molecule has 0 unspecified atom stereocenters. The lowest BCUT2D eigenvalue weighted by molar-refractivity contribution is 0.0409. The lowest BCUT2D eigenvalue weighted by atomic mass is 9.92. The summed E-state index contributed by atoms with van der Waals surface area (Å²) in [5.41, 5.74) is 8.00. The third-order valence-electron chi connectivity index (χ3n) is 3.56. The quantitative estimate of drug-likeness (QED) is 0.792. The fraction of sp³-hybridized carbons (Fsp3) is 0.250. The number of nitriles is 1. The molecule has 2 aliphatic heterocycles. The van der Waals surface area contributed by atoms with Crippen LogP contribution in [-0.4, -0.2) is 17.9 Å². The number of hydrogen-bond donors (Lipinski definition) is 1. The largest absolute Gasteiger partial charge is 0.383 e. The molecule has 0 spiro atoms. The Hall–Kier alpha value is -1.71. The molecule has 0 amide bonds. The molecule has 0 atom stereocenters. The van der Waals surface area contributed by atoms with Crippen molar-refractivity contribution in [2.75, 3.05) is 11.6 Å². The van der Waals surface area contributed by atoms with Crippen molar-refractivity contribution >= 4 is 47.0 Å². The Labute approximate surface area is 156 Å². The van der Waals surface area contributed by atoms with Crippen LogP contribution in [0.25, 0.3) is 0 Å². The van der Waals surface area contributed by atoms with E-state index in [0.29, 0.717) is 39.2 Å². The van der Waals surface area contributed by atoms with Crippen molar-refractivity contribution in [2.24, 2.45) is 10.8 Å². The van der Waals surface area contributed by atoms with E-state index < -0.39 is 5.60 Å². The number of rotatable bonds is 1. The van der Waals surface area contributed by atoms with Gasteiger partial charge in [0.2, 0.25) is 0 Å². The van der Waals surface area contributed by atoms with Crippen LogP contribution in [0, 0.1) is 11.3 Å². The van der Waals surface area contributed by atoms with Crippen LogP contribution in [0.3, 0.4) is 0 Å². The highest BCUT2D eigenvalue weighted by Gasteiger charge is 2.33. The fourth-order valence-corrected chi connectivity index (χ4v) is 3.01. The number of fused-ring (bicyclic) bond motifs is 1. The maximum atomic E-state index is 9.54. The van der Waals surface area contributed by atoms with Crippen LogP contribution in [0.15, 0.2) is 46.3 Å². The summed E-state index contributed by atoms with van der Waals surface area (Å²) in [4.78, 5) is 0. The molecule has 0 aliphatic carbocycles. The van der Waals surface area contributed by atoms with E-state index in [2.05, 4.69) is 11.2 Å². The smallest absolute Gasteiger partial charge is 0.144 e. The summed E-state index contributed by atoms with van der Waals surface area (Å²) in [5.74, 6) is 0.235. The molecule has 8 heteroatoms. The monoisotopic (exact) mass is 384 g/mol. The van der Waals surface area contributed by atoms with Gasteiger partial charge in [-0.2, -0.15) is 10.4 Å². The molecular weight excluding hydrogens is 371 g/mol. The molecule has 5 nitrogen and oxygen atoms in total. The van der Waals surface area contributed by atoms with E-state index in [4.69, 9.17) is 33.7 Å². The molecule has 0 bridgehead atoms. The maximum absolute atomic E-state index is 9.54. The van der Waals surface area contributed by atoms with Gasteiger partial charge in [0.05, 0.1) is 23.6 Å². The summed E-state index contributed by atoms with van der Waals surface area (Å²) >= 11 is 12.1. The van der Waals surface area contributed by atoms with Gasteiger partial charge in [-0.1, -0.05) is 23.2 Å². The van der Waals surface area contributed by atoms with Gasteiger partial charge in [0.1, 0.15) is 17.5 Å². The normalized spacial score (nSPS) is 18.9. The molecule has 2 N–H and O–H groups in total. The maximum Gasteiger partial charge on any atom is 0.144 e. The Morgan fingerprint density at radius 2 is 1.92 bits per heavy atom. The zero-order chi connectivity index (χ0) is 16.8. The topological polar surface area (TPSA) is 74.6 Å². The number of anilines is 1. The van der Waals surface area contributed by atoms with Gasteiger partial charge in [-0.15, -0.1) is 12.4 Å². The van der Waals surface area contributed by atoms with Gasteiger partial charge in [0.15, 0.2) is 0 Å². The van der Waals surface area contributed by atoms with Crippen molar-refractivity contribution in [2.45, 2.75) is 19.4 Å². The second-order valence-corrected chi connectivity index (χ2v) is 6.68. The number of benzene rings is 1. The Kier molecular flexibility index (Phi) is 5.17. The minimum Gasteiger partial charge on any atom is -0.383 e. The Bertz CT molecular complexity index is 801. The fourth-order valence-electron chi connectivity index (χ4n) is 2.50. The lowest BCUT2D eigenvalue weighted by Gasteiger charge is -2.34. The van der Waals surface area contributed by atoms with Gasteiger partial charge in [-0.25, -0.2) is 5.01 Å². The number of nitrogens with two attached hydrogens (primary N) is 1. The number of nitrogens with zero attached hydrogens (tertiary/aromatic N) is 3. The molecule has 0 saturated heterocycles. The predicted molar refractivity (Wildman–Crippen MR) is 98.6 cm³/mol. The zero-order valence-electron chi connectivity index (χ0n) is 13.0. The highest BCUT2D eigenvalue weighted by atomic mass is 35.5. The minimum atomic E-state index is -0.474. The third kappa shape index (κ3) is 3.38. The van der Waals surface area contributed by atoms with Crippen LogP contribution < -0.4 is 10.7 Å². The standard InChI is InChI=1S/C16H14Cl2N4O.ClH/c1-16(2)6-12-13(7-19)15(20)22(21-14(12)8-23-16)11-4-9(17)3-10(18)5-11;/h3-6H,8,20H2,1-2H3;1H. The highest BCUT2D eigenvalue weighted by Crippen LogP contribution is 2.34. The van der Waals surface area contributed by atoms with Crippen LogP contribution in [-0.2, 0) is 4.74 Å². The van der Waals surface area contributed by atoms with Crippen LogP contribution in [0.2, 0.25) is 10.0 Å². The first-order valence-corrected chi connectivity index (χ1v) is 7.67. The number of ether oxygens (including phenoxy) is 1. The number of hydrogen-bond acceptors (Lipinski definition) is 5. The summed E-state index contributed by atoms with van der Waals surface area (Å²) in [7, 11) is 0. The number of halogens is 3. The minimum absolute atomic E-state index is 0. The van der Waals surface area contributed by atoms with E-state index >= 15 is 0 Å². The average Bonchev–Trinajstić information content (AvgIpc) is 2.45. The van der Waals surface area contributed by atoms with Gasteiger partial charge in [-0.05, 0) is 38.1 Å². The summed E-state index contributed by atoms with van der Waals surface area (Å²) in [6.07, 6.45) is 1.86. The molecule has 0 radical (unpaired) electrons. The molecule has 2 aliphatic rings. The molecule has 126 valence electrons. The van der Waals surface area contributed by atoms with E-state index in [9.17, 15) is 5.26 Å². The molecule has 3 rings (SSSR count). The van der Waals surface area contributed by atoms with E-state index in [1.165, 1.54) is 5.01 Å². The van der Waals surface area contributed by atoms with E-state index in [0.717, 1.165) is 0 Å². The van der Waals surface area contributed by atoms with Crippen molar-refractivity contribution in [3.8, 4) is 6.07 Å². The first-order valence-electron chi connectivity index (χ1n) is 6.92. The van der Waals surface area contributed by atoms with Crippen molar-refractivity contribution in [3.05, 3.63) is 51.3 Å². The number of allylic oxidation sites excluding steroid dienone is 1. The molecule has 1 aromatic carbocycles. The SMILES string of the molecule is CC1(C)C=C2C(=NN(c3cc(Cl)cc(Cl)c3)C(N)=C2C#N)CO1.Cl. The van der Waals surface area contributed by atoms with Gasteiger partial charge in [0.25, 0.3) is 0 Å². The van der Waals surface area contributed by atoms with Crippen molar-refractivity contribution in [1.82, 2.24) is 0 Å². The van der Waals surface area contributed by atoms with Gasteiger partial charge in [-0.3, -0.25) is 0 Å². The molecule has 1 aromatic rings. The predicted octanol–water partition coefficient (Wildman–Crippen LogP) is 4.02. The zero-order valence-corrected chi connectivity index (χ0v) is 15.3. The van der Waals surface area contributed by atoms with Crippen LogP contribution >= 0.6 is 35.6 Å². The first kappa shape index (κ1) is 18.6. The summed E-state index contributed by atoms with van der Waals surface area (Å²) < 4.78 is 5.74. The molecule has 24 heavy (non-hydrogen) atoms. The molecule has 0 fully saturated rings. The Morgan fingerprint density at radius 1 is 1.29 bits per heavy atom.